The van der Waals surface area contributed by atoms with Gasteiger partial charge in [0.2, 0.25) is 0 Å². The lowest BCUT2D eigenvalue weighted by Crippen LogP contribution is -2.26. The Morgan fingerprint density at radius 2 is 1.66 bits per heavy atom. The molecule has 29 heavy (non-hydrogen) atoms. The molecule has 1 saturated heterocycles. The van der Waals surface area contributed by atoms with E-state index in [4.69, 9.17) is 0 Å². The first kappa shape index (κ1) is 22.4. The predicted molar refractivity (Wildman–Crippen MR) is 114 cm³/mol. The molecular weight excluding hydrogens is 368 g/mol. The number of phenols is 1. The van der Waals surface area contributed by atoms with Gasteiger partial charge in [-0.2, -0.15) is 0 Å². The molecule has 0 radical (unpaired) electrons. The summed E-state index contributed by atoms with van der Waals surface area (Å²) in [5, 5.41) is 15.4. The maximum atomic E-state index is 12.2. The minimum absolute atomic E-state index is 0.137. The fraction of sp³-hybridized carbons (Fsp3) is 0.391. The molecule has 1 heterocycles. The summed E-state index contributed by atoms with van der Waals surface area (Å²) in [5.41, 5.74) is 2.31. The van der Waals surface area contributed by atoms with Crippen LogP contribution in [0.5, 0.6) is 5.75 Å². The number of phenolic OH excluding ortho intramolecular Hbond substituents is 1. The van der Waals surface area contributed by atoms with E-state index >= 15 is 0 Å². The second-order valence-electron chi connectivity index (χ2n) is 7.97. The number of carbonyl (C=O) groups is 2. The Morgan fingerprint density at radius 1 is 1.07 bits per heavy atom. The van der Waals surface area contributed by atoms with E-state index in [2.05, 4.69) is 27.5 Å². The van der Waals surface area contributed by atoms with Crippen LogP contribution in [0.1, 0.15) is 55.5 Å². The number of benzene rings is 2. The second-order valence-corrected chi connectivity index (χ2v) is 7.97. The third kappa shape index (κ3) is 7.95. The maximum Gasteiger partial charge on any atom is 0.293 e. The molecule has 2 aromatic rings. The van der Waals surface area contributed by atoms with Gasteiger partial charge < -0.3 is 20.5 Å². The van der Waals surface area contributed by atoms with Crippen LogP contribution in [-0.4, -0.2) is 36.2 Å². The van der Waals surface area contributed by atoms with Crippen LogP contribution in [0.2, 0.25) is 0 Å². The smallest absolute Gasteiger partial charge is 0.293 e. The average Bonchev–Trinajstić information content (AvgIpc) is 2.70. The van der Waals surface area contributed by atoms with Crippen molar-refractivity contribution in [3.05, 3.63) is 59.7 Å². The number of piperidine rings is 1. The topological polar surface area (TPSA) is 87.7 Å². The van der Waals surface area contributed by atoms with Gasteiger partial charge in [0.15, 0.2) is 0 Å². The highest BCUT2D eigenvalue weighted by atomic mass is 16.5. The molecule has 3 N–H and O–H groups in total. The van der Waals surface area contributed by atoms with Gasteiger partial charge in [-0.05, 0) is 94.6 Å². The molecule has 1 amide bonds. The Morgan fingerprint density at radius 3 is 2.14 bits per heavy atom. The van der Waals surface area contributed by atoms with Crippen molar-refractivity contribution in [3.8, 4) is 5.75 Å². The van der Waals surface area contributed by atoms with Gasteiger partial charge in [-0.15, -0.1) is 0 Å². The van der Waals surface area contributed by atoms with Crippen LogP contribution >= 0.6 is 0 Å². The normalized spacial score (nSPS) is 14.3. The first-order valence-corrected chi connectivity index (χ1v) is 9.81. The molecule has 156 valence electrons. The largest absolute Gasteiger partial charge is 0.508 e. The van der Waals surface area contributed by atoms with E-state index in [1.165, 1.54) is 5.56 Å². The average molecular weight is 399 g/mol. The number of amides is 1. The number of aromatic hydroxyl groups is 1. The summed E-state index contributed by atoms with van der Waals surface area (Å²) < 4.78 is 4.55. The summed E-state index contributed by atoms with van der Waals surface area (Å²) in [6, 6.07) is 14.3. The molecule has 6 heteroatoms. The Labute approximate surface area is 172 Å². The van der Waals surface area contributed by atoms with Crippen LogP contribution in [0.4, 0.5) is 5.69 Å². The van der Waals surface area contributed by atoms with E-state index in [-0.39, 0.29) is 17.3 Å². The number of carbonyl (C=O) groups excluding carboxylic acids is 2. The van der Waals surface area contributed by atoms with Crippen molar-refractivity contribution in [2.45, 2.75) is 45.1 Å². The van der Waals surface area contributed by atoms with E-state index in [0.717, 1.165) is 25.9 Å². The van der Waals surface area contributed by atoms with Crippen LogP contribution in [0.3, 0.4) is 0 Å². The highest BCUT2D eigenvalue weighted by Gasteiger charge is 2.15. The van der Waals surface area contributed by atoms with Gasteiger partial charge in [-0.3, -0.25) is 9.59 Å². The fourth-order valence-electron chi connectivity index (χ4n) is 2.95. The van der Waals surface area contributed by atoms with E-state index in [0.29, 0.717) is 23.6 Å². The molecule has 6 nitrogen and oxygen atoms in total. The third-order valence-corrected chi connectivity index (χ3v) is 4.51. The van der Waals surface area contributed by atoms with Crippen molar-refractivity contribution in [1.29, 1.82) is 0 Å². The number of anilines is 1. The SMILES string of the molecule is CC(C)(C)OC=O.O=C(Nc1ccc(O)cc1)c1ccc(C2CCNCC2)cc1. The van der Waals surface area contributed by atoms with Gasteiger partial charge >= 0.3 is 0 Å². The summed E-state index contributed by atoms with van der Waals surface area (Å²) in [4.78, 5) is 21.8. The van der Waals surface area contributed by atoms with Crippen molar-refractivity contribution in [1.82, 2.24) is 5.32 Å². The maximum absolute atomic E-state index is 12.2. The van der Waals surface area contributed by atoms with Gasteiger partial charge in [-0.25, -0.2) is 0 Å². The zero-order valence-corrected chi connectivity index (χ0v) is 17.3. The molecule has 0 saturated carbocycles. The summed E-state index contributed by atoms with van der Waals surface area (Å²) in [6.45, 7) is 8.05. The molecule has 1 aliphatic rings. The zero-order valence-electron chi connectivity index (χ0n) is 17.3. The van der Waals surface area contributed by atoms with Gasteiger partial charge in [-0.1, -0.05) is 12.1 Å². The fourth-order valence-corrected chi connectivity index (χ4v) is 2.95. The molecule has 0 aromatic heterocycles. The standard InChI is InChI=1S/C18H20N2O2.C5H10O2/c21-17-7-5-16(6-8-17)20-18(22)15-3-1-13(2-4-15)14-9-11-19-12-10-14;1-5(2,3)7-4-6/h1-8,14,19,21H,9-12H2,(H,20,22);4H,1-3H3. The molecule has 0 aliphatic carbocycles. The summed E-state index contributed by atoms with van der Waals surface area (Å²) in [6.07, 6.45) is 2.30. The van der Waals surface area contributed by atoms with Crippen LogP contribution < -0.4 is 10.6 Å². The van der Waals surface area contributed by atoms with Gasteiger partial charge in [0.1, 0.15) is 11.4 Å². The lowest BCUT2D eigenvalue weighted by molar-refractivity contribution is -0.138. The van der Waals surface area contributed by atoms with Crippen LogP contribution in [-0.2, 0) is 9.53 Å². The van der Waals surface area contributed by atoms with Crippen LogP contribution in [0.25, 0.3) is 0 Å². The summed E-state index contributed by atoms with van der Waals surface area (Å²) in [5.74, 6) is 0.641. The molecule has 1 fully saturated rings. The minimum Gasteiger partial charge on any atom is -0.508 e. The summed E-state index contributed by atoms with van der Waals surface area (Å²) in [7, 11) is 0. The Hall–Kier alpha value is -2.86. The number of rotatable bonds is 4. The Balaban J connectivity index is 0.000000370. The molecule has 2 aromatic carbocycles. The van der Waals surface area contributed by atoms with Crippen molar-refractivity contribution >= 4 is 18.1 Å². The molecular formula is C23H30N2O4. The highest BCUT2D eigenvalue weighted by Crippen LogP contribution is 2.25. The Kier molecular flexibility index (Phi) is 8.21. The molecule has 1 aliphatic heterocycles. The molecule has 0 unspecified atom stereocenters. The molecule has 0 atom stereocenters. The van der Waals surface area contributed by atoms with Crippen molar-refractivity contribution in [2.24, 2.45) is 0 Å². The van der Waals surface area contributed by atoms with E-state index in [1.807, 2.05) is 32.9 Å². The lowest BCUT2D eigenvalue weighted by Gasteiger charge is -2.23. The predicted octanol–water partition coefficient (Wildman–Crippen LogP) is 4.07. The van der Waals surface area contributed by atoms with E-state index in [9.17, 15) is 14.7 Å². The van der Waals surface area contributed by atoms with Gasteiger partial charge in [0.05, 0.1) is 0 Å². The molecule has 0 bridgehead atoms. The number of hydrogen-bond donors (Lipinski definition) is 3. The Bertz CT molecular complexity index is 774. The third-order valence-electron chi connectivity index (χ3n) is 4.51. The monoisotopic (exact) mass is 398 g/mol. The highest BCUT2D eigenvalue weighted by molar-refractivity contribution is 6.04. The molecule has 0 spiro atoms. The van der Waals surface area contributed by atoms with Crippen molar-refractivity contribution < 1.29 is 19.4 Å². The van der Waals surface area contributed by atoms with Crippen molar-refractivity contribution in [2.75, 3.05) is 18.4 Å². The number of ether oxygens (including phenoxy) is 1. The molecule has 3 rings (SSSR count). The number of hydrogen-bond acceptors (Lipinski definition) is 5. The first-order chi connectivity index (χ1) is 13.8. The summed E-state index contributed by atoms with van der Waals surface area (Å²) >= 11 is 0. The quantitative estimate of drug-likeness (QED) is 0.534. The zero-order chi connectivity index (χ0) is 21.3. The van der Waals surface area contributed by atoms with E-state index < -0.39 is 0 Å². The van der Waals surface area contributed by atoms with Crippen LogP contribution in [0.15, 0.2) is 48.5 Å². The number of nitrogens with one attached hydrogen (secondary N) is 2. The van der Waals surface area contributed by atoms with E-state index in [1.54, 1.807) is 24.3 Å². The lowest BCUT2D eigenvalue weighted by atomic mass is 9.90. The second kappa shape index (κ2) is 10.6. The first-order valence-electron chi connectivity index (χ1n) is 9.81. The van der Waals surface area contributed by atoms with Gasteiger partial charge in [0.25, 0.3) is 12.4 Å². The van der Waals surface area contributed by atoms with Crippen LogP contribution in [0, 0.1) is 0 Å². The van der Waals surface area contributed by atoms with Gasteiger partial charge in [0, 0.05) is 11.3 Å². The minimum atomic E-state index is -0.318. The van der Waals surface area contributed by atoms with Crippen molar-refractivity contribution in [3.63, 3.8) is 0 Å².